The quantitative estimate of drug-likeness (QED) is 0.157. The van der Waals surface area contributed by atoms with Crippen molar-refractivity contribution in [2.24, 2.45) is 0 Å². The summed E-state index contributed by atoms with van der Waals surface area (Å²) in [6, 6.07) is 39.6. The van der Waals surface area contributed by atoms with Crippen molar-refractivity contribution in [3.8, 4) is 17.0 Å². The number of fused-ring (bicyclic) bond motifs is 1. The largest absolute Gasteiger partial charge is 0.481 e. The van der Waals surface area contributed by atoms with Crippen molar-refractivity contribution in [1.82, 2.24) is 19.1 Å². The van der Waals surface area contributed by atoms with Gasteiger partial charge in [-0.15, -0.1) is 0 Å². The van der Waals surface area contributed by atoms with Gasteiger partial charge in [0.15, 0.2) is 5.65 Å². The van der Waals surface area contributed by atoms with Crippen molar-refractivity contribution in [2.75, 3.05) is 7.11 Å². The van der Waals surface area contributed by atoms with E-state index in [9.17, 15) is 13.2 Å². The van der Waals surface area contributed by atoms with E-state index in [1.54, 1.807) is 33.5 Å². The third-order valence-electron chi connectivity index (χ3n) is 8.58. The molecule has 0 bridgehead atoms. The summed E-state index contributed by atoms with van der Waals surface area (Å²) in [5.41, 5.74) is 2.34. The van der Waals surface area contributed by atoms with Crippen LogP contribution < -0.4 is 10.4 Å². The Morgan fingerprint density at radius 2 is 1.25 bits per heavy atom. The summed E-state index contributed by atoms with van der Waals surface area (Å²) in [7, 11) is 1.51. The summed E-state index contributed by atoms with van der Waals surface area (Å²) < 4.78 is 49.9. The van der Waals surface area contributed by atoms with E-state index in [1.807, 2.05) is 97.1 Å². The highest BCUT2D eigenvalue weighted by atomic mass is 19.4. The maximum atomic E-state index is 15.2. The number of rotatable bonds is 8. The average molecular weight is 643 g/mol. The van der Waals surface area contributed by atoms with Gasteiger partial charge in [0, 0.05) is 23.5 Å². The van der Waals surface area contributed by atoms with Crippen LogP contribution in [0.3, 0.4) is 0 Å². The van der Waals surface area contributed by atoms with Crippen LogP contribution >= 0.6 is 0 Å². The first-order valence-corrected chi connectivity index (χ1v) is 15.3. The molecule has 0 atom stereocenters. The van der Waals surface area contributed by atoms with E-state index in [1.165, 1.54) is 19.4 Å². The summed E-state index contributed by atoms with van der Waals surface area (Å²) >= 11 is 0. The van der Waals surface area contributed by atoms with Crippen molar-refractivity contribution >= 4 is 11.2 Å². The lowest BCUT2D eigenvalue weighted by Crippen LogP contribution is -2.44. The van der Waals surface area contributed by atoms with Crippen LogP contribution in [0.5, 0.6) is 5.88 Å². The highest BCUT2D eigenvalue weighted by molar-refractivity contribution is 5.80. The number of alkyl halides is 3. The maximum absolute atomic E-state index is 15.2. The second-order valence-corrected chi connectivity index (χ2v) is 11.3. The third-order valence-corrected chi connectivity index (χ3v) is 8.58. The Labute approximate surface area is 274 Å². The Balaban J connectivity index is 1.60. The molecule has 0 aliphatic rings. The summed E-state index contributed by atoms with van der Waals surface area (Å²) in [6.45, 7) is 0.0710. The van der Waals surface area contributed by atoms with Crippen molar-refractivity contribution in [3.63, 3.8) is 0 Å². The Morgan fingerprint density at radius 1 is 0.667 bits per heavy atom. The first-order valence-electron chi connectivity index (χ1n) is 15.3. The summed E-state index contributed by atoms with van der Waals surface area (Å²) in [5.74, 6) is 0.354. The predicted molar refractivity (Wildman–Crippen MR) is 179 cm³/mol. The second-order valence-electron chi connectivity index (χ2n) is 11.3. The molecule has 48 heavy (non-hydrogen) atoms. The topological polar surface area (TPSA) is 61.9 Å². The summed E-state index contributed by atoms with van der Waals surface area (Å²) in [5, 5.41) is 0. The maximum Gasteiger partial charge on any atom is 0.416 e. The van der Waals surface area contributed by atoms with Gasteiger partial charge in [-0.2, -0.15) is 13.2 Å². The summed E-state index contributed by atoms with van der Waals surface area (Å²) in [6.07, 6.45) is -1.39. The van der Waals surface area contributed by atoms with Crippen LogP contribution in [0, 0.1) is 0 Å². The first kappa shape index (κ1) is 30.7. The Morgan fingerprint density at radius 3 is 1.81 bits per heavy atom. The predicted octanol–water partition coefficient (Wildman–Crippen LogP) is 8.18. The Kier molecular flexibility index (Phi) is 7.88. The Bertz CT molecular complexity index is 2170. The average Bonchev–Trinajstić information content (AvgIpc) is 3.40. The van der Waals surface area contributed by atoms with Gasteiger partial charge < -0.3 is 4.74 Å². The van der Waals surface area contributed by atoms with E-state index >= 15 is 4.79 Å². The number of ether oxygens (including phenoxy) is 1. The van der Waals surface area contributed by atoms with Crippen molar-refractivity contribution in [2.45, 2.75) is 18.3 Å². The van der Waals surface area contributed by atoms with Crippen LogP contribution in [0.1, 0.15) is 27.8 Å². The number of hydrogen-bond donors (Lipinski definition) is 0. The molecule has 0 radical (unpaired) electrons. The van der Waals surface area contributed by atoms with E-state index in [0.717, 1.165) is 28.8 Å². The highest BCUT2D eigenvalue weighted by Gasteiger charge is 2.42. The number of nitrogens with zero attached hydrogens (tertiary/aromatic N) is 4. The zero-order chi connectivity index (χ0) is 33.3. The monoisotopic (exact) mass is 642 g/mol. The minimum Gasteiger partial charge on any atom is -0.481 e. The minimum atomic E-state index is -4.52. The van der Waals surface area contributed by atoms with Crippen molar-refractivity contribution < 1.29 is 17.9 Å². The molecule has 7 aromatic rings. The molecule has 0 saturated carbocycles. The van der Waals surface area contributed by atoms with E-state index in [4.69, 9.17) is 9.72 Å². The van der Waals surface area contributed by atoms with Crippen LogP contribution in [0.15, 0.2) is 151 Å². The minimum absolute atomic E-state index is 0.0710. The molecule has 0 amide bonds. The third kappa shape index (κ3) is 5.23. The molecule has 3 heterocycles. The number of methoxy groups -OCH3 is 1. The normalized spacial score (nSPS) is 11.9. The van der Waals surface area contributed by atoms with Gasteiger partial charge in [0.2, 0.25) is 5.88 Å². The van der Waals surface area contributed by atoms with Crippen LogP contribution in [0.25, 0.3) is 22.3 Å². The van der Waals surface area contributed by atoms with Gasteiger partial charge >= 0.3 is 11.9 Å². The van der Waals surface area contributed by atoms with Crippen molar-refractivity contribution in [3.05, 3.63) is 184 Å². The molecule has 0 saturated heterocycles. The van der Waals surface area contributed by atoms with Crippen LogP contribution in [-0.2, 0) is 18.3 Å². The molecule has 4 aromatic carbocycles. The van der Waals surface area contributed by atoms with E-state index < -0.39 is 17.3 Å². The van der Waals surface area contributed by atoms with Gasteiger partial charge in [0.1, 0.15) is 5.54 Å². The lowest BCUT2D eigenvalue weighted by atomic mass is 9.76. The molecule has 0 N–H and O–H groups in total. The fraction of sp³-hybridized carbons (Fsp3) is 0.103. The fourth-order valence-electron chi connectivity index (χ4n) is 6.44. The number of aromatic nitrogens is 4. The molecular weight excluding hydrogens is 613 g/mol. The molecule has 7 rings (SSSR count). The lowest BCUT2D eigenvalue weighted by Gasteiger charge is -2.37. The molecule has 0 aliphatic carbocycles. The molecule has 0 unspecified atom stereocenters. The first-order chi connectivity index (χ1) is 23.3. The molecule has 0 aliphatic heterocycles. The second kappa shape index (κ2) is 12.3. The number of halogens is 3. The number of benzene rings is 4. The van der Waals surface area contributed by atoms with E-state index in [0.29, 0.717) is 33.7 Å². The van der Waals surface area contributed by atoms with Gasteiger partial charge in [-0.3, -0.25) is 9.13 Å². The van der Waals surface area contributed by atoms with Gasteiger partial charge in [-0.1, -0.05) is 109 Å². The Hall–Kier alpha value is -5.96. The number of pyridine rings is 2. The van der Waals surface area contributed by atoms with Crippen LogP contribution in [-0.4, -0.2) is 26.2 Å². The molecule has 9 heteroatoms. The number of hydrogen-bond acceptors (Lipinski definition) is 4. The van der Waals surface area contributed by atoms with E-state index in [-0.39, 0.29) is 12.2 Å². The van der Waals surface area contributed by atoms with Gasteiger partial charge in [-0.05, 0) is 46.5 Å². The van der Waals surface area contributed by atoms with Crippen LogP contribution in [0.4, 0.5) is 13.2 Å². The van der Waals surface area contributed by atoms with E-state index in [2.05, 4.69) is 4.98 Å². The number of imidazole rings is 1. The van der Waals surface area contributed by atoms with Gasteiger partial charge in [0.25, 0.3) is 0 Å². The van der Waals surface area contributed by atoms with Crippen LogP contribution in [0.2, 0.25) is 0 Å². The molecule has 3 aromatic heterocycles. The SMILES string of the molecule is COc1ncccc1Cn1c(=O)n(C(c2ccccc2)(c2ccccc2)c2ccccc2)c2ncc(-c3cccc(C(F)(F)F)c3)cc21. The fourth-order valence-corrected chi connectivity index (χ4v) is 6.44. The standard InChI is InChI=1S/C39H29F3N4O2/c1-48-36-28(14-12-22-43-36)26-45-34-24-29(27-13-11-21-33(23-27)39(40,41)42)25-44-35(34)46(37(45)47)38(30-15-5-2-6-16-30,31-17-7-3-8-18-31)32-19-9-4-10-20-32/h2-25H,26H2,1H3. The molecule has 238 valence electrons. The van der Waals surface area contributed by atoms with Gasteiger partial charge in [0.05, 0.1) is 24.7 Å². The molecule has 0 spiro atoms. The molecule has 6 nitrogen and oxygen atoms in total. The van der Waals surface area contributed by atoms with Crippen molar-refractivity contribution in [1.29, 1.82) is 0 Å². The van der Waals surface area contributed by atoms with Gasteiger partial charge in [-0.25, -0.2) is 14.8 Å². The lowest BCUT2D eigenvalue weighted by molar-refractivity contribution is -0.137. The summed E-state index contributed by atoms with van der Waals surface area (Å²) in [4.78, 5) is 24.4. The smallest absolute Gasteiger partial charge is 0.416 e. The molecule has 0 fully saturated rings. The molecular formula is C39H29F3N4O2. The highest BCUT2D eigenvalue weighted by Crippen LogP contribution is 2.42. The zero-order valence-electron chi connectivity index (χ0n) is 25.8. The zero-order valence-corrected chi connectivity index (χ0v) is 25.8.